The summed E-state index contributed by atoms with van der Waals surface area (Å²) in [4.78, 5) is 2.43. The Hall–Kier alpha value is -6.74. The van der Waals surface area contributed by atoms with Crippen LogP contribution in [0.1, 0.15) is 22.3 Å². The SMILES string of the molecule is c1ccc(-c2ccc(N(c3cccc(C4(c5ccccc5)c5ccccc5-c5ccccc54)c3)c3ccc4cc5c(cc4c3)sc3ccccc35)cc2)cc1. The number of thiophene rings is 1. The van der Waals surface area contributed by atoms with Gasteiger partial charge in [0.25, 0.3) is 0 Å². The lowest BCUT2D eigenvalue weighted by Crippen LogP contribution is -2.28. The molecule has 0 fully saturated rings. The molecule has 11 rings (SSSR count). The Balaban J connectivity index is 1.13. The van der Waals surface area contributed by atoms with Crippen molar-refractivity contribution in [2.24, 2.45) is 0 Å². The standard InChI is InChI=1S/C53H35NS/c1-3-14-36(15-4-1)37-26-29-42(30-27-37)54(44-31-28-38-33-48-47-22-9-12-25-51(47)55-52(48)34-39(38)32-44)43-19-13-18-41(35-43)53(40-16-5-2-6-17-40)49-23-10-7-20-45(49)46-21-8-11-24-50(46)53/h1-35H. The van der Waals surface area contributed by atoms with Crippen LogP contribution in [0.2, 0.25) is 0 Å². The molecule has 0 N–H and O–H groups in total. The third kappa shape index (κ3) is 4.99. The van der Waals surface area contributed by atoms with E-state index in [1.165, 1.54) is 75.5 Å². The topological polar surface area (TPSA) is 3.24 Å². The molecule has 1 nitrogen and oxygen atoms in total. The smallest absolute Gasteiger partial charge is 0.0714 e. The Morgan fingerprint density at radius 1 is 0.345 bits per heavy atom. The van der Waals surface area contributed by atoms with Crippen LogP contribution in [0.3, 0.4) is 0 Å². The fourth-order valence-electron chi connectivity index (χ4n) is 9.07. The second-order valence-electron chi connectivity index (χ2n) is 14.5. The highest BCUT2D eigenvalue weighted by atomic mass is 32.1. The van der Waals surface area contributed by atoms with Gasteiger partial charge in [0.2, 0.25) is 0 Å². The van der Waals surface area contributed by atoms with Crippen molar-refractivity contribution in [3.63, 3.8) is 0 Å². The van der Waals surface area contributed by atoms with Gasteiger partial charge in [-0.1, -0.05) is 158 Å². The molecule has 1 aliphatic rings. The average molecular weight is 718 g/mol. The molecule has 0 unspecified atom stereocenters. The predicted molar refractivity (Wildman–Crippen MR) is 234 cm³/mol. The summed E-state index contributed by atoms with van der Waals surface area (Å²) in [5.74, 6) is 0. The summed E-state index contributed by atoms with van der Waals surface area (Å²) in [5.41, 5.74) is 13.0. The minimum absolute atomic E-state index is 0.483. The van der Waals surface area contributed by atoms with Crippen LogP contribution >= 0.6 is 11.3 Å². The Labute approximate surface area is 325 Å². The molecule has 0 bridgehead atoms. The largest absolute Gasteiger partial charge is 0.310 e. The van der Waals surface area contributed by atoms with E-state index in [1.807, 2.05) is 11.3 Å². The molecule has 0 aliphatic heterocycles. The second-order valence-corrected chi connectivity index (χ2v) is 15.6. The van der Waals surface area contributed by atoms with E-state index in [1.54, 1.807) is 0 Å². The lowest BCUT2D eigenvalue weighted by molar-refractivity contribution is 0.768. The molecule has 55 heavy (non-hydrogen) atoms. The highest BCUT2D eigenvalue weighted by molar-refractivity contribution is 7.25. The number of benzene rings is 9. The summed E-state index contributed by atoms with van der Waals surface area (Å²) in [6.07, 6.45) is 0. The molecule has 0 atom stereocenters. The zero-order valence-electron chi connectivity index (χ0n) is 30.1. The highest BCUT2D eigenvalue weighted by Gasteiger charge is 2.46. The number of nitrogens with zero attached hydrogens (tertiary/aromatic N) is 1. The van der Waals surface area contributed by atoms with E-state index in [0.717, 1.165) is 17.1 Å². The van der Waals surface area contributed by atoms with Gasteiger partial charge in [-0.3, -0.25) is 0 Å². The van der Waals surface area contributed by atoms with Crippen LogP contribution in [0.5, 0.6) is 0 Å². The van der Waals surface area contributed by atoms with Crippen LogP contribution < -0.4 is 4.90 Å². The molecule has 0 amide bonds. The maximum Gasteiger partial charge on any atom is 0.0714 e. The van der Waals surface area contributed by atoms with Gasteiger partial charge < -0.3 is 4.90 Å². The molecule has 10 aromatic rings. The molecule has 9 aromatic carbocycles. The van der Waals surface area contributed by atoms with Crippen molar-refractivity contribution in [2.45, 2.75) is 5.41 Å². The minimum Gasteiger partial charge on any atom is -0.310 e. The van der Waals surface area contributed by atoms with Crippen molar-refractivity contribution in [3.8, 4) is 22.3 Å². The number of hydrogen-bond acceptors (Lipinski definition) is 2. The predicted octanol–water partition coefficient (Wildman–Crippen LogP) is 14.7. The Morgan fingerprint density at radius 3 is 1.71 bits per heavy atom. The molecule has 0 spiro atoms. The van der Waals surface area contributed by atoms with E-state index in [-0.39, 0.29) is 0 Å². The molecule has 258 valence electrons. The summed E-state index contributed by atoms with van der Waals surface area (Å²) in [6.45, 7) is 0. The van der Waals surface area contributed by atoms with Gasteiger partial charge in [0.1, 0.15) is 0 Å². The minimum atomic E-state index is -0.483. The van der Waals surface area contributed by atoms with E-state index in [2.05, 4.69) is 217 Å². The van der Waals surface area contributed by atoms with Gasteiger partial charge in [-0.25, -0.2) is 0 Å². The van der Waals surface area contributed by atoms with Gasteiger partial charge in [-0.05, 0) is 110 Å². The van der Waals surface area contributed by atoms with Crippen LogP contribution in [0, 0.1) is 0 Å². The number of anilines is 3. The summed E-state index contributed by atoms with van der Waals surface area (Å²) in [5, 5.41) is 5.13. The number of rotatable bonds is 6. The van der Waals surface area contributed by atoms with E-state index in [9.17, 15) is 0 Å². The number of fused-ring (bicyclic) bond motifs is 7. The van der Waals surface area contributed by atoms with Gasteiger partial charge in [-0.2, -0.15) is 0 Å². The van der Waals surface area contributed by atoms with E-state index < -0.39 is 5.41 Å². The Kier molecular flexibility index (Phi) is 7.33. The molecule has 0 radical (unpaired) electrons. The van der Waals surface area contributed by atoms with Gasteiger partial charge in [0.05, 0.1) is 5.41 Å². The van der Waals surface area contributed by atoms with Gasteiger partial charge >= 0.3 is 0 Å². The van der Waals surface area contributed by atoms with Crippen molar-refractivity contribution in [1.29, 1.82) is 0 Å². The summed E-state index contributed by atoms with van der Waals surface area (Å²) in [6, 6.07) is 78.3. The third-order valence-electron chi connectivity index (χ3n) is 11.5. The van der Waals surface area contributed by atoms with Crippen molar-refractivity contribution < 1.29 is 0 Å². The van der Waals surface area contributed by atoms with Gasteiger partial charge in [-0.15, -0.1) is 11.3 Å². The van der Waals surface area contributed by atoms with Crippen molar-refractivity contribution in [1.82, 2.24) is 0 Å². The average Bonchev–Trinajstić information content (AvgIpc) is 3.77. The van der Waals surface area contributed by atoms with E-state index >= 15 is 0 Å². The van der Waals surface area contributed by atoms with Crippen molar-refractivity contribution in [2.75, 3.05) is 4.90 Å². The molecular formula is C53H35NS. The first-order chi connectivity index (χ1) is 27.3. The lowest BCUT2D eigenvalue weighted by atomic mass is 9.67. The zero-order chi connectivity index (χ0) is 36.3. The first-order valence-electron chi connectivity index (χ1n) is 18.9. The second kappa shape index (κ2) is 12.7. The first-order valence-corrected chi connectivity index (χ1v) is 19.7. The quantitative estimate of drug-likeness (QED) is 0.166. The normalized spacial score (nSPS) is 12.9. The maximum atomic E-state index is 2.43. The molecule has 2 heteroatoms. The summed E-state index contributed by atoms with van der Waals surface area (Å²) in [7, 11) is 0. The van der Waals surface area contributed by atoms with Crippen LogP contribution in [0.25, 0.3) is 53.2 Å². The third-order valence-corrected chi connectivity index (χ3v) is 12.6. The lowest BCUT2D eigenvalue weighted by Gasteiger charge is -2.35. The monoisotopic (exact) mass is 717 g/mol. The van der Waals surface area contributed by atoms with Crippen LogP contribution in [0.15, 0.2) is 212 Å². The summed E-state index contributed by atoms with van der Waals surface area (Å²) < 4.78 is 2.64. The zero-order valence-corrected chi connectivity index (χ0v) is 30.9. The number of hydrogen-bond donors (Lipinski definition) is 0. The molecule has 1 aliphatic carbocycles. The Bertz CT molecular complexity index is 2990. The van der Waals surface area contributed by atoms with Crippen LogP contribution in [-0.2, 0) is 5.41 Å². The van der Waals surface area contributed by atoms with Crippen LogP contribution in [-0.4, -0.2) is 0 Å². The molecule has 0 saturated carbocycles. The molecule has 0 saturated heterocycles. The molecule has 1 aromatic heterocycles. The maximum absolute atomic E-state index is 2.43. The van der Waals surface area contributed by atoms with Crippen molar-refractivity contribution in [3.05, 3.63) is 235 Å². The highest BCUT2D eigenvalue weighted by Crippen LogP contribution is 2.56. The fourth-order valence-corrected chi connectivity index (χ4v) is 10.2. The Morgan fingerprint density at radius 2 is 0.945 bits per heavy atom. The molecule has 1 heterocycles. The molecular weight excluding hydrogens is 683 g/mol. The van der Waals surface area contributed by atoms with E-state index in [0.29, 0.717) is 0 Å². The van der Waals surface area contributed by atoms with Gasteiger partial charge in [0.15, 0.2) is 0 Å². The summed E-state index contributed by atoms with van der Waals surface area (Å²) >= 11 is 1.87. The van der Waals surface area contributed by atoms with E-state index in [4.69, 9.17) is 0 Å². The first kappa shape index (κ1) is 31.8. The fraction of sp³-hybridized carbons (Fsp3) is 0.0189. The van der Waals surface area contributed by atoms with Crippen LogP contribution in [0.4, 0.5) is 17.1 Å². The van der Waals surface area contributed by atoms with Gasteiger partial charge in [0, 0.05) is 37.2 Å². The van der Waals surface area contributed by atoms with Crippen molar-refractivity contribution >= 4 is 59.3 Å².